The molecule has 1 unspecified atom stereocenters. The maximum Gasteiger partial charge on any atom is 0.225 e. The van der Waals surface area contributed by atoms with Crippen molar-refractivity contribution in [3.8, 4) is 0 Å². The summed E-state index contributed by atoms with van der Waals surface area (Å²) in [6.07, 6.45) is 3.51. The van der Waals surface area contributed by atoms with Gasteiger partial charge in [0.25, 0.3) is 0 Å². The van der Waals surface area contributed by atoms with Gasteiger partial charge in [0, 0.05) is 49.5 Å². The molecule has 1 saturated heterocycles. The molecular formula is C17H19N5S2. The van der Waals surface area contributed by atoms with Gasteiger partial charge in [0.15, 0.2) is 0 Å². The fourth-order valence-corrected chi connectivity index (χ4v) is 3.91. The summed E-state index contributed by atoms with van der Waals surface area (Å²) >= 11 is 5.93. The molecule has 1 aliphatic rings. The number of nitrogens with zero attached hydrogens (tertiary/aromatic N) is 5. The lowest BCUT2D eigenvalue weighted by molar-refractivity contribution is 0.198. The number of rotatable bonds is 3. The van der Waals surface area contributed by atoms with Gasteiger partial charge < -0.3 is 4.90 Å². The number of aromatic nitrogens is 3. The second-order valence-electron chi connectivity index (χ2n) is 6.02. The number of fused-ring (bicyclic) bond motifs is 1. The quantitative estimate of drug-likeness (QED) is 0.729. The summed E-state index contributed by atoms with van der Waals surface area (Å²) < 4.78 is 1.25. The highest BCUT2D eigenvalue weighted by atomic mass is 32.1. The number of benzene rings is 1. The van der Waals surface area contributed by atoms with Crippen LogP contribution in [0.5, 0.6) is 0 Å². The van der Waals surface area contributed by atoms with Crippen molar-refractivity contribution in [2.24, 2.45) is 0 Å². The van der Waals surface area contributed by atoms with Crippen molar-refractivity contribution in [2.45, 2.75) is 17.9 Å². The fraction of sp³-hybridized carbons (Fsp3) is 0.353. The van der Waals surface area contributed by atoms with Crippen molar-refractivity contribution >= 4 is 40.1 Å². The normalized spacial score (nSPS) is 17.3. The lowest BCUT2D eigenvalue weighted by Crippen LogP contribution is -2.47. The minimum absolute atomic E-state index is 0.388. The van der Waals surface area contributed by atoms with Gasteiger partial charge in [0.1, 0.15) is 0 Å². The van der Waals surface area contributed by atoms with Crippen molar-refractivity contribution in [3.05, 3.63) is 41.7 Å². The molecule has 0 spiro atoms. The first-order valence-electron chi connectivity index (χ1n) is 8.04. The second kappa shape index (κ2) is 6.66. The van der Waals surface area contributed by atoms with E-state index in [1.165, 1.54) is 10.3 Å². The molecule has 7 heteroatoms. The summed E-state index contributed by atoms with van der Waals surface area (Å²) in [5.41, 5.74) is 4.34. The molecule has 24 heavy (non-hydrogen) atoms. The van der Waals surface area contributed by atoms with Crippen LogP contribution in [0, 0.1) is 0 Å². The molecule has 3 aromatic rings. The molecule has 5 nitrogen and oxygen atoms in total. The maximum absolute atomic E-state index is 4.43. The van der Waals surface area contributed by atoms with E-state index in [2.05, 4.69) is 62.5 Å². The first kappa shape index (κ1) is 15.8. The van der Waals surface area contributed by atoms with Crippen LogP contribution in [-0.4, -0.2) is 46.0 Å². The Hall–Kier alpha value is -1.70. The Morgan fingerprint density at radius 2 is 1.83 bits per heavy atom. The number of anilines is 1. The van der Waals surface area contributed by atoms with Crippen molar-refractivity contribution in [1.29, 1.82) is 0 Å². The number of piperazine rings is 1. The van der Waals surface area contributed by atoms with Gasteiger partial charge in [-0.05, 0) is 24.6 Å². The van der Waals surface area contributed by atoms with E-state index in [-0.39, 0.29) is 0 Å². The highest BCUT2D eigenvalue weighted by Gasteiger charge is 2.23. The minimum atomic E-state index is 0.388. The molecule has 0 saturated carbocycles. The van der Waals surface area contributed by atoms with Gasteiger partial charge in [-0.25, -0.2) is 15.0 Å². The van der Waals surface area contributed by atoms with Crippen molar-refractivity contribution in [2.75, 3.05) is 31.1 Å². The van der Waals surface area contributed by atoms with Crippen LogP contribution in [-0.2, 0) is 0 Å². The lowest BCUT2D eigenvalue weighted by Gasteiger charge is -2.38. The molecule has 0 amide bonds. The van der Waals surface area contributed by atoms with Gasteiger partial charge in [-0.3, -0.25) is 4.90 Å². The number of hydrogen-bond donors (Lipinski definition) is 1. The van der Waals surface area contributed by atoms with E-state index in [1.807, 2.05) is 5.51 Å². The topological polar surface area (TPSA) is 45.2 Å². The predicted octanol–water partition coefficient (Wildman–Crippen LogP) is 3.26. The highest BCUT2D eigenvalue weighted by molar-refractivity contribution is 7.80. The number of thiazole rings is 1. The van der Waals surface area contributed by atoms with Gasteiger partial charge in [0.05, 0.1) is 15.7 Å². The van der Waals surface area contributed by atoms with Crippen molar-refractivity contribution in [1.82, 2.24) is 19.9 Å². The van der Waals surface area contributed by atoms with E-state index in [0.29, 0.717) is 6.04 Å². The predicted molar refractivity (Wildman–Crippen MR) is 101 cm³/mol. The summed E-state index contributed by atoms with van der Waals surface area (Å²) in [6.45, 7) is 6.16. The first-order valence-corrected chi connectivity index (χ1v) is 9.36. The zero-order valence-electron chi connectivity index (χ0n) is 13.5. The molecule has 3 heterocycles. The van der Waals surface area contributed by atoms with Gasteiger partial charge in [-0.15, -0.1) is 24.0 Å². The largest absolute Gasteiger partial charge is 0.338 e. The average Bonchev–Trinajstić information content (AvgIpc) is 3.09. The molecule has 1 atom stereocenters. The molecule has 0 aliphatic carbocycles. The molecule has 2 aromatic heterocycles. The van der Waals surface area contributed by atoms with Crippen molar-refractivity contribution in [3.63, 3.8) is 0 Å². The van der Waals surface area contributed by atoms with Crippen LogP contribution < -0.4 is 4.90 Å². The summed E-state index contributed by atoms with van der Waals surface area (Å²) in [6, 6.07) is 7.02. The van der Waals surface area contributed by atoms with Gasteiger partial charge in [0.2, 0.25) is 5.95 Å². The molecule has 1 aliphatic heterocycles. The van der Waals surface area contributed by atoms with E-state index in [9.17, 15) is 0 Å². The molecule has 1 fully saturated rings. The van der Waals surface area contributed by atoms with E-state index in [4.69, 9.17) is 0 Å². The van der Waals surface area contributed by atoms with E-state index in [1.54, 1.807) is 23.7 Å². The van der Waals surface area contributed by atoms with Crippen LogP contribution >= 0.6 is 24.0 Å². The lowest BCUT2D eigenvalue weighted by atomic mass is 10.1. The molecule has 4 rings (SSSR count). The molecule has 0 bridgehead atoms. The monoisotopic (exact) mass is 357 g/mol. The standard InChI is InChI=1S/C17H19N5S2/c1-12(13-2-3-16-15(8-13)20-11-24-16)21-4-6-22(7-5-21)17-18-9-14(23)10-19-17/h2-3,8-12,23H,4-7H2,1H3. The Labute approximate surface area is 150 Å². The Kier molecular flexibility index (Phi) is 4.39. The molecule has 0 N–H and O–H groups in total. The SMILES string of the molecule is CC(c1ccc2scnc2c1)N1CCN(c2ncc(S)cn2)CC1. The van der Waals surface area contributed by atoms with Gasteiger partial charge >= 0.3 is 0 Å². The third-order valence-corrected chi connectivity index (χ3v) is 5.65. The van der Waals surface area contributed by atoms with E-state index in [0.717, 1.165) is 42.5 Å². The Bertz CT molecular complexity index is 824. The minimum Gasteiger partial charge on any atom is -0.338 e. The third-order valence-electron chi connectivity index (χ3n) is 4.61. The summed E-state index contributed by atoms with van der Waals surface area (Å²) in [4.78, 5) is 18.7. The second-order valence-corrected chi connectivity index (χ2v) is 7.42. The van der Waals surface area contributed by atoms with Gasteiger partial charge in [-0.1, -0.05) is 6.07 Å². The average molecular weight is 358 g/mol. The first-order chi connectivity index (χ1) is 11.7. The smallest absolute Gasteiger partial charge is 0.225 e. The third kappa shape index (κ3) is 3.11. The number of hydrogen-bond acceptors (Lipinski definition) is 7. The van der Waals surface area contributed by atoms with Crippen LogP contribution in [0.15, 0.2) is 41.0 Å². The molecule has 124 valence electrons. The van der Waals surface area contributed by atoms with Crippen LogP contribution in [0.25, 0.3) is 10.2 Å². The highest BCUT2D eigenvalue weighted by Crippen LogP contribution is 2.27. The van der Waals surface area contributed by atoms with Crippen molar-refractivity contribution < 1.29 is 0 Å². The van der Waals surface area contributed by atoms with Crippen LogP contribution in [0.3, 0.4) is 0 Å². The molecular weight excluding hydrogens is 338 g/mol. The Morgan fingerprint density at radius 1 is 1.08 bits per heavy atom. The molecule has 1 aromatic carbocycles. The van der Waals surface area contributed by atoms with Gasteiger partial charge in [-0.2, -0.15) is 0 Å². The fourth-order valence-electron chi connectivity index (χ4n) is 3.13. The molecule has 0 radical (unpaired) electrons. The van der Waals surface area contributed by atoms with Crippen LogP contribution in [0.4, 0.5) is 5.95 Å². The van der Waals surface area contributed by atoms with Crippen LogP contribution in [0.2, 0.25) is 0 Å². The Balaban J connectivity index is 1.43. The summed E-state index contributed by atoms with van der Waals surface area (Å²) in [7, 11) is 0. The number of thiol groups is 1. The zero-order chi connectivity index (χ0) is 16.5. The Morgan fingerprint density at radius 3 is 2.58 bits per heavy atom. The van der Waals surface area contributed by atoms with E-state index >= 15 is 0 Å². The van der Waals surface area contributed by atoms with Crippen LogP contribution in [0.1, 0.15) is 18.5 Å². The zero-order valence-corrected chi connectivity index (χ0v) is 15.2. The summed E-state index contributed by atoms with van der Waals surface area (Å²) in [5.74, 6) is 0.795. The maximum atomic E-state index is 4.43. The van der Waals surface area contributed by atoms with E-state index < -0.39 is 0 Å². The summed E-state index contributed by atoms with van der Waals surface area (Å²) in [5, 5.41) is 0.